The molecule has 3 aromatic heterocycles. The molecule has 0 spiro atoms. The highest BCUT2D eigenvalue weighted by atomic mass is 16.5. The van der Waals surface area contributed by atoms with Gasteiger partial charge in [-0.15, -0.1) is 0 Å². The van der Waals surface area contributed by atoms with Crippen LogP contribution in [0.2, 0.25) is 0 Å². The van der Waals surface area contributed by atoms with E-state index in [2.05, 4.69) is 25.4 Å². The summed E-state index contributed by atoms with van der Waals surface area (Å²) in [5.74, 6) is 0.833. The fourth-order valence-corrected chi connectivity index (χ4v) is 2.11. The van der Waals surface area contributed by atoms with Crippen LogP contribution >= 0.6 is 0 Å². The van der Waals surface area contributed by atoms with Gasteiger partial charge in [0.15, 0.2) is 5.82 Å². The Bertz CT molecular complexity index is 819. The number of nitrogens with zero attached hydrogens (tertiary/aromatic N) is 5. The Balaban J connectivity index is 1.71. The number of carbonyl (C=O) groups excluding carboxylic acids is 1. The predicted octanol–water partition coefficient (Wildman–Crippen LogP) is 1.39. The lowest BCUT2D eigenvalue weighted by molar-refractivity contribution is 0.0950. The van der Waals surface area contributed by atoms with Crippen LogP contribution in [0.25, 0.3) is 5.82 Å². The van der Waals surface area contributed by atoms with Gasteiger partial charge in [-0.2, -0.15) is 5.10 Å². The molecule has 0 fully saturated rings. The third kappa shape index (κ3) is 3.54. The zero-order valence-corrected chi connectivity index (χ0v) is 13.1. The van der Waals surface area contributed by atoms with Crippen molar-refractivity contribution < 1.29 is 9.53 Å². The van der Waals surface area contributed by atoms with E-state index in [0.717, 1.165) is 5.56 Å². The predicted molar refractivity (Wildman–Crippen MR) is 85.7 cm³/mol. The van der Waals surface area contributed by atoms with Gasteiger partial charge in [0, 0.05) is 30.1 Å². The summed E-state index contributed by atoms with van der Waals surface area (Å²) < 4.78 is 6.94. The summed E-state index contributed by atoms with van der Waals surface area (Å²) in [5.41, 5.74) is 1.30. The molecular weight excluding hydrogens is 308 g/mol. The minimum atomic E-state index is -0.218. The molecule has 0 atom stereocenters. The van der Waals surface area contributed by atoms with Crippen molar-refractivity contribution in [2.75, 3.05) is 6.61 Å². The first-order valence-corrected chi connectivity index (χ1v) is 7.44. The minimum Gasteiger partial charge on any atom is -0.478 e. The zero-order valence-electron chi connectivity index (χ0n) is 13.1. The normalized spacial score (nSPS) is 10.4. The first kappa shape index (κ1) is 15.6. The Morgan fingerprint density at radius 2 is 2.21 bits per heavy atom. The maximum absolute atomic E-state index is 12.4. The number of hydrogen-bond donors (Lipinski definition) is 1. The van der Waals surface area contributed by atoms with E-state index in [1.807, 2.05) is 13.0 Å². The molecule has 0 aliphatic carbocycles. The van der Waals surface area contributed by atoms with Gasteiger partial charge in [0.05, 0.1) is 6.61 Å². The number of ether oxygens (including phenoxy) is 1. The third-order valence-corrected chi connectivity index (χ3v) is 3.23. The van der Waals surface area contributed by atoms with E-state index in [9.17, 15) is 4.79 Å². The molecule has 8 heteroatoms. The van der Waals surface area contributed by atoms with Crippen LogP contribution < -0.4 is 10.1 Å². The van der Waals surface area contributed by atoms with Crippen LogP contribution in [0.3, 0.4) is 0 Å². The second-order valence-electron chi connectivity index (χ2n) is 4.83. The van der Waals surface area contributed by atoms with E-state index in [4.69, 9.17) is 4.74 Å². The highest BCUT2D eigenvalue weighted by Crippen LogP contribution is 2.14. The average Bonchev–Trinajstić information content (AvgIpc) is 3.16. The molecular formula is C16H16N6O2. The van der Waals surface area contributed by atoms with Crippen molar-refractivity contribution in [3.8, 4) is 11.7 Å². The SMILES string of the molecule is CCOc1ncccc1CNC(=O)c1ccnc(-n2cncn2)c1. The van der Waals surface area contributed by atoms with E-state index in [-0.39, 0.29) is 5.91 Å². The van der Waals surface area contributed by atoms with Gasteiger partial charge in [0.1, 0.15) is 12.7 Å². The molecule has 0 aliphatic heterocycles. The molecule has 122 valence electrons. The second-order valence-corrected chi connectivity index (χ2v) is 4.83. The fourth-order valence-electron chi connectivity index (χ4n) is 2.11. The van der Waals surface area contributed by atoms with Crippen LogP contribution in [0.5, 0.6) is 5.88 Å². The molecule has 3 rings (SSSR count). The standard InChI is InChI=1S/C16H16N6O2/c1-2-24-16-13(4-3-6-19-16)9-20-15(23)12-5-7-18-14(8-12)22-11-17-10-21-22/h3-8,10-11H,2,9H2,1H3,(H,20,23). The van der Waals surface area contributed by atoms with E-state index < -0.39 is 0 Å². The molecule has 0 aromatic carbocycles. The van der Waals surface area contributed by atoms with Crippen LogP contribution in [0.1, 0.15) is 22.8 Å². The van der Waals surface area contributed by atoms with Gasteiger partial charge in [0.25, 0.3) is 5.91 Å². The Morgan fingerprint density at radius 3 is 3.00 bits per heavy atom. The van der Waals surface area contributed by atoms with Crippen LogP contribution in [-0.4, -0.2) is 37.2 Å². The first-order valence-electron chi connectivity index (χ1n) is 7.44. The maximum atomic E-state index is 12.4. The summed E-state index contributed by atoms with van der Waals surface area (Å²) in [7, 11) is 0. The lowest BCUT2D eigenvalue weighted by Gasteiger charge is -2.10. The summed E-state index contributed by atoms with van der Waals surface area (Å²) in [5, 5.41) is 6.85. The summed E-state index contributed by atoms with van der Waals surface area (Å²) in [4.78, 5) is 24.6. The molecule has 3 aromatic rings. The molecule has 1 amide bonds. The number of hydrogen-bond acceptors (Lipinski definition) is 6. The van der Waals surface area contributed by atoms with Gasteiger partial charge < -0.3 is 10.1 Å². The van der Waals surface area contributed by atoms with Crippen LogP contribution in [0.4, 0.5) is 0 Å². The molecule has 1 N–H and O–H groups in total. The topological polar surface area (TPSA) is 94.8 Å². The molecule has 0 unspecified atom stereocenters. The van der Waals surface area contributed by atoms with E-state index in [0.29, 0.717) is 30.4 Å². The van der Waals surface area contributed by atoms with Crippen molar-refractivity contribution in [3.05, 3.63) is 60.4 Å². The van der Waals surface area contributed by atoms with Gasteiger partial charge in [-0.3, -0.25) is 4.79 Å². The Morgan fingerprint density at radius 1 is 1.29 bits per heavy atom. The van der Waals surface area contributed by atoms with Crippen LogP contribution in [-0.2, 0) is 6.54 Å². The van der Waals surface area contributed by atoms with Gasteiger partial charge in [-0.1, -0.05) is 6.07 Å². The molecule has 0 radical (unpaired) electrons. The van der Waals surface area contributed by atoms with Gasteiger partial charge >= 0.3 is 0 Å². The number of pyridine rings is 2. The first-order chi connectivity index (χ1) is 11.8. The van der Waals surface area contributed by atoms with Crippen LogP contribution in [0, 0.1) is 0 Å². The quantitative estimate of drug-likeness (QED) is 0.736. The van der Waals surface area contributed by atoms with Gasteiger partial charge in [0.2, 0.25) is 5.88 Å². The number of rotatable bonds is 6. The summed E-state index contributed by atoms with van der Waals surface area (Å²) in [6, 6.07) is 6.96. The monoisotopic (exact) mass is 324 g/mol. The molecule has 0 saturated heterocycles. The van der Waals surface area contributed by atoms with Gasteiger partial charge in [-0.05, 0) is 25.1 Å². The molecule has 24 heavy (non-hydrogen) atoms. The van der Waals surface area contributed by atoms with Crippen molar-refractivity contribution in [2.45, 2.75) is 13.5 Å². The average molecular weight is 324 g/mol. The Hall–Kier alpha value is -3.29. The molecule has 8 nitrogen and oxygen atoms in total. The third-order valence-electron chi connectivity index (χ3n) is 3.23. The molecule has 0 saturated carbocycles. The lowest BCUT2D eigenvalue weighted by Crippen LogP contribution is -2.23. The maximum Gasteiger partial charge on any atom is 0.251 e. The number of amides is 1. The van der Waals surface area contributed by atoms with E-state index >= 15 is 0 Å². The van der Waals surface area contributed by atoms with Crippen molar-refractivity contribution in [2.24, 2.45) is 0 Å². The lowest BCUT2D eigenvalue weighted by atomic mass is 10.2. The van der Waals surface area contributed by atoms with Crippen LogP contribution in [0.15, 0.2) is 49.3 Å². The van der Waals surface area contributed by atoms with E-state index in [1.54, 1.807) is 30.6 Å². The smallest absolute Gasteiger partial charge is 0.251 e. The highest BCUT2D eigenvalue weighted by Gasteiger charge is 2.10. The minimum absolute atomic E-state index is 0.218. The highest BCUT2D eigenvalue weighted by molar-refractivity contribution is 5.94. The Labute approximate surface area is 138 Å². The molecule has 0 aliphatic rings. The number of carbonyl (C=O) groups is 1. The number of nitrogens with one attached hydrogen (secondary N) is 1. The second kappa shape index (κ2) is 7.32. The van der Waals surface area contributed by atoms with Gasteiger partial charge in [-0.25, -0.2) is 19.6 Å². The summed E-state index contributed by atoms with van der Waals surface area (Å²) in [6.07, 6.45) is 6.14. The van der Waals surface area contributed by atoms with Crippen molar-refractivity contribution in [3.63, 3.8) is 0 Å². The number of aromatic nitrogens is 5. The fraction of sp³-hybridized carbons (Fsp3) is 0.188. The van der Waals surface area contributed by atoms with Crippen molar-refractivity contribution in [1.29, 1.82) is 0 Å². The van der Waals surface area contributed by atoms with Crippen molar-refractivity contribution in [1.82, 2.24) is 30.0 Å². The Kier molecular flexibility index (Phi) is 4.76. The summed E-state index contributed by atoms with van der Waals surface area (Å²) in [6.45, 7) is 2.73. The van der Waals surface area contributed by atoms with Crippen molar-refractivity contribution >= 4 is 5.91 Å². The largest absolute Gasteiger partial charge is 0.478 e. The zero-order chi connectivity index (χ0) is 16.8. The summed E-state index contributed by atoms with van der Waals surface area (Å²) >= 11 is 0. The molecule has 0 bridgehead atoms. The van der Waals surface area contributed by atoms with E-state index in [1.165, 1.54) is 17.3 Å². The molecule has 3 heterocycles.